The number of nitrogens with one attached hydrogen (secondary N) is 1. The van der Waals surface area contributed by atoms with Crippen molar-refractivity contribution in [2.24, 2.45) is 0 Å². The lowest BCUT2D eigenvalue weighted by molar-refractivity contribution is -0.135. The molecular formula is C13H19F3N2. The van der Waals surface area contributed by atoms with Crippen LogP contribution >= 0.6 is 0 Å². The molecule has 1 N–H and O–H groups in total. The van der Waals surface area contributed by atoms with E-state index >= 15 is 0 Å². The second-order valence-corrected chi connectivity index (χ2v) is 4.32. The van der Waals surface area contributed by atoms with Crippen LogP contribution in [-0.2, 0) is 6.42 Å². The number of alkyl halides is 3. The third-order valence-corrected chi connectivity index (χ3v) is 2.74. The van der Waals surface area contributed by atoms with Gasteiger partial charge in [-0.2, -0.15) is 13.2 Å². The molecular weight excluding hydrogens is 241 g/mol. The van der Waals surface area contributed by atoms with Crippen LogP contribution in [0.5, 0.6) is 0 Å². The fourth-order valence-electron chi connectivity index (χ4n) is 1.92. The van der Waals surface area contributed by atoms with Crippen LogP contribution in [0.15, 0.2) is 24.5 Å². The second kappa shape index (κ2) is 7.36. The third-order valence-electron chi connectivity index (χ3n) is 2.74. The van der Waals surface area contributed by atoms with Crippen LogP contribution in [-0.4, -0.2) is 23.7 Å². The molecule has 0 amide bonds. The van der Waals surface area contributed by atoms with Gasteiger partial charge in [0.25, 0.3) is 0 Å². The van der Waals surface area contributed by atoms with E-state index in [4.69, 9.17) is 0 Å². The molecule has 0 fully saturated rings. The van der Waals surface area contributed by atoms with Crippen LogP contribution in [0.4, 0.5) is 13.2 Å². The summed E-state index contributed by atoms with van der Waals surface area (Å²) in [6.07, 6.45) is 0.108. The molecule has 0 aromatic carbocycles. The Morgan fingerprint density at radius 2 is 1.94 bits per heavy atom. The van der Waals surface area contributed by atoms with Gasteiger partial charge in [0.15, 0.2) is 0 Å². The van der Waals surface area contributed by atoms with Gasteiger partial charge >= 0.3 is 6.18 Å². The predicted octanol–water partition coefficient (Wildman–Crippen LogP) is 3.33. The Labute approximate surface area is 106 Å². The van der Waals surface area contributed by atoms with E-state index < -0.39 is 12.6 Å². The van der Waals surface area contributed by atoms with Gasteiger partial charge in [-0.15, -0.1) is 0 Å². The molecule has 5 heteroatoms. The van der Waals surface area contributed by atoms with Gasteiger partial charge in [0, 0.05) is 24.9 Å². The third kappa shape index (κ3) is 6.59. The Morgan fingerprint density at radius 1 is 1.28 bits per heavy atom. The lowest BCUT2D eigenvalue weighted by Gasteiger charge is -2.18. The number of hydrogen-bond donors (Lipinski definition) is 1. The van der Waals surface area contributed by atoms with Gasteiger partial charge in [0.2, 0.25) is 0 Å². The van der Waals surface area contributed by atoms with E-state index in [1.54, 1.807) is 12.4 Å². The molecule has 0 aliphatic heterocycles. The Kier molecular flexibility index (Phi) is 6.12. The Hall–Kier alpha value is -1.10. The summed E-state index contributed by atoms with van der Waals surface area (Å²) in [5.74, 6) is 0. The zero-order valence-corrected chi connectivity index (χ0v) is 10.5. The quantitative estimate of drug-likeness (QED) is 0.813. The zero-order chi connectivity index (χ0) is 13.4. The Bertz CT molecular complexity index is 325. The minimum absolute atomic E-state index is 0.0970. The van der Waals surface area contributed by atoms with Crippen LogP contribution in [0.25, 0.3) is 0 Å². The van der Waals surface area contributed by atoms with Crippen molar-refractivity contribution < 1.29 is 13.2 Å². The molecule has 102 valence electrons. The normalized spacial score (nSPS) is 13.6. The van der Waals surface area contributed by atoms with E-state index in [1.165, 1.54) is 0 Å². The maximum Gasteiger partial charge on any atom is 0.389 e. The summed E-state index contributed by atoms with van der Waals surface area (Å²) >= 11 is 0. The Morgan fingerprint density at radius 3 is 2.50 bits per heavy atom. The van der Waals surface area contributed by atoms with Crippen LogP contribution < -0.4 is 5.32 Å². The van der Waals surface area contributed by atoms with Crippen LogP contribution in [0.2, 0.25) is 0 Å². The average molecular weight is 260 g/mol. The summed E-state index contributed by atoms with van der Waals surface area (Å²) in [5, 5.41) is 3.23. The van der Waals surface area contributed by atoms with Crippen molar-refractivity contribution in [3.05, 3.63) is 30.1 Å². The number of pyridine rings is 1. The highest BCUT2D eigenvalue weighted by atomic mass is 19.4. The molecule has 1 aromatic heterocycles. The molecule has 0 saturated heterocycles. The first-order valence-corrected chi connectivity index (χ1v) is 6.20. The van der Waals surface area contributed by atoms with Crippen molar-refractivity contribution in [3.63, 3.8) is 0 Å². The van der Waals surface area contributed by atoms with Crippen molar-refractivity contribution in [2.75, 3.05) is 6.54 Å². The first kappa shape index (κ1) is 15.0. The summed E-state index contributed by atoms with van der Waals surface area (Å²) in [7, 11) is 0. The zero-order valence-electron chi connectivity index (χ0n) is 10.5. The van der Waals surface area contributed by atoms with Crippen molar-refractivity contribution in [2.45, 2.75) is 44.8 Å². The van der Waals surface area contributed by atoms with Crippen molar-refractivity contribution >= 4 is 0 Å². The Balaban J connectivity index is 2.40. The van der Waals surface area contributed by atoms with E-state index in [0.29, 0.717) is 6.42 Å². The van der Waals surface area contributed by atoms with E-state index in [9.17, 15) is 13.2 Å². The topological polar surface area (TPSA) is 24.9 Å². The SMILES string of the molecule is CCNC(CCCC(F)(F)F)Cc1ccncc1. The summed E-state index contributed by atoms with van der Waals surface area (Å²) in [6.45, 7) is 2.73. The second-order valence-electron chi connectivity index (χ2n) is 4.32. The highest BCUT2D eigenvalue weighted by Gasteiger charge is 2.26. The molecule has 1 rings (SSSR count). The van der Waals surface area contributed by atoms with E-state index in [-0.39, 0.29) is 12.5 Å². The summed E-state index contributed by atoms with van der Waals surface area (Å²) < 4.78 is 36.3. The first-order chi connectivity index (χ1) is 8.51. The number of nitrogens with zero attached hydrogens (tertiary/aromatic N) is 1. The molecule has 0 aliphatic rings. The molecule has 0 bridgehead atoms. The van der Waals surface area contributed by atoms with Gasteiger partial charge in [0.05, 0.1) is 0 Å². The molecule has 1 atom stereocenters. The van der Waals surface area contributed by atoms with Crippen molar-refractivity contribution in [1.82, 2.24) is 10.3 Å². The highest BCUT2D eigenvalue weighted by Crippen LogP contribution is 2.23. The smallest absolute Gasteiger partial charge is 0.314 e. The fourth-order valence-corrected chi connectivity index (χ4v) is 1.92. The monoisotopic (exact) mass is 260 g/mol. The van der Waals surface area contributed by atoms with Gasteiger partial charge in [-0.25, -0.2) is 0 Å². The molecule has 0 saturated carbocycles. The average Bonchev–Trinajstić information content (AvgIpc) is 2.29. The van der Waals surface area contributed by atoms with Crippen molar-refractivity contribution in [1.29, 1.82) is 0 Å². The van der Waals surface area contributed by atoms with Crippen LogP contribution in [0.3, 0.4) is 0 Å². The van der Waals surface area contributed by atoms with E-state index in [2.05, 4.69) is 10.3 Å². The number of halogens is 3. The van der Waals surface area contributed by atoms with Gasteiger partial charge < -0.3 is 5.32 Å². The molecule has 1 aromatic rings. The van der Waals surface area contributed by atoms with E-state index in [1.807, 2.05) is 19.1 Å². The van der Waals surface area contributed by atoms with Gasteiger partial charge in [-0.05, 0) is 43.5 Å². The first-order valence-electron chi connectivity index (χ1n) is 6.20. The van der Waals surface area contributed by atoms with Crippen molar-refractivity contribution in [3.8, 4) is 0 Å². The van der Waals surface area contributed by atoms with Crippen LogP contribution in [0, 0.1) is 0 Å². The van der Waals surface area contributed by atoms with Crippen LogP contribution in [0.1, 0.15) is 31.7 Å². The number of hydrogen-bond acceptors (Lipinski definition) is 2. The lowest BCUT2D eigenvalue weighted by atomic mass is 10.0. The largest absolute Gasteiger partial charge is 0.389 e. The summed E-state index contributed by atoms with van der Waals surface area (Å²) in [5.41, 5.74) is 1.10. The molecule has 0 spiro atoms. The highest BCUT2D eigenvalue weighted by molar-refractivity contribution is 5.11. The predicted molar refractivity (Wildman–Crippen MR) is 65.3 cm³/mol. The molecule has 0 aliphatic carbocycles. The maximum absolute atomic E-state index is 12.1. The molecule has 1 unspecified atom stereocenters. The van der Waals surface area contributed by atoms with Gasteiger partial charge in [-0.3, -0.25) is 4.98 Å². The van der Waals surface area contributed by atoms with Gasteiger partial charge in [-0.1, -0.05) is 6.92 Å². The van der Waals surface area contributed by atoms with Gasteiger partial charge in [0.1, 0.15) is 0 Å². The summed E-state index contributed by atoms with van der Waals surface area (Å²) in [4.78, 5) is 3.92. The molecule has 1 heterocycles. The molecule has 0 radical (unpaired) electrons. The standard InChI is InChI=1S/C13H19F3N2/c1-2-18-12(4-3-7-13(14,15)16)10-11-5-8-17-9-6-11/h5-6,8-9,12,18H,2-4,7,10H2,1H3. The number of likely N-dealkylation sites (N-methyl/N-ethyl adjacent to an activating group) is 1. The molecule has 18 heavy (non-hydrogen) atoms. The lowest BCUT2D eigenvalue weighted by Crippen LogP contribution is -2.31. The number of aromatic nitrogens is 1. The maximum atomic E-state index is 12.1. The molecule has 2 nitrogen and oxygen atoms in total. The summed E-state index contributed by atoms with van der Waals surface area (Å²) in [6, 6.07) is 3.89. The minimum atomic E-state index is -4.05. The number of rotatable bonds is 7. The van der Waals surface area contributed by atoms with E-state index in [0.717, 1.165) is 18.5 Å². The minimum Gasteiger partial charge on any atom is -0.314 e. The fraction of sp³-hybridized carbons (Fsp3) is 0.615.